The van der Waals surface area contributed by atoms with Crippen molar-refractivity contribution in [3.63, 3.8) is 0 Å². The molecule has 1 amide bonds. The molecule has 4 rings (SSSR count). The Balaban J connectivity index is 1.49. The highest BCUT2D eigenvalue weighted by atomic mass is 16.6. The largest absolute Gasteiger partial charge is 0.326 e. The Morgan fingerprint density at radius 2 is 1.71 bits per heavy atom. The number of carbonyl (C=O) groups is 1. The van der Waals surface area contributed by atoms with E-state index in [9.17, 15) is 14.9 Å². The van der Waals surface area contributed by atoms with E-state index in [2.05, 4.69) is 10.3 Å². The van der Waals surface area contributed by atoms with Crippen molar-refractivity contribution in [3.8, 4) is 5.69 Å². The Morgan fingerprint density at radius 3 is 2.50 bits per heavy atom. The lowest BCUT2D eigenvalue weighted by Crippen LogP contribution is -2.15. The van der Waals surface area contributed by atoms with Gasteiger partial charge < -0.3 is 5.32 Å². The number of amides is 1. The van der Waals surface area contributed by atoms with Crippen LogP contribution in [0.5, 0.6) is 0 Å². The Labute approximate surface area is 160 Å². The van der Waals surface area contributed by atoms with Crippen LogP contribution < -0.4 is 5.32 Å². The quantitative estimate of drug-likeness (QED) is 0.421. The molecule has 0 spiro atoms. The number of carbonyl (C=O) groups excluding carboxylic acids is 1. The summed E-state index contributed by atoms with van der Waals surface area (Å²) in [5.74, 6) is -0.310. The second kappa shape index (κ2) is 7.32. The molecule has 0 bridgehead atoms. The number of nitro groups is 1. The van der Waals surface area contributed by atoms with Crippen molar-refractivity contribution in [1.29, 1.82) is 0 Å². The zero-order valence-corrected chi connectivity index (χ0v) is 14.8. The van der Waals surface area contributed by atoms with Crippen molar-refractivity contribution in [1.82, 2.24) is 9.55 Å². The lowest BCUT2D eigenvalue weighted by atomic mass is 10.1. The predicted octanol–water partition coefficient (Wildman–Crippen LogP) is 4.11. The number of benzene rings is 3. The number of hydrogen-bond acceptors (Lipinski definition) is 4. The van der Waals surface area contributed by atoms with E-state index in [-0.39, 0.29) is 18.0 Å². The van der Waals surface area contributed by atoms with Gasteiger partial charge in [-0.15, -0.1) is 0 Å². The highest BCUT2D eigenvalue weighted by Gasteiger charge is 2.15. The van der Waals surface area contributed by atoms with Crippen molar-refractivity contribution >= 4 is 28.3 Å². The van der Waals surface area contributed by atoms with Crippen LogP contribution in [0.15, 0.2) is 79.1 Å². The van der Waals surface area contributed by atoms with Crippen molar-refractivity contribution < 1.29 is 9.72 Å². The van der Waals surface area contributed by atoms with Crippen LogP contribution in [0.4, 0.5) is 11.4 Å². The van der Waals surface area contributed by atoms with Gasteiger partial charge in [-0.25, -0.2) is 4.98 Å². The van der Waals surface area contributed by atoms with Gasteiger partial charge in [0.25, 0.3) is 5.69 Å². The van der Waals surface area contributed by atoms with Gasteiger partial charge in [0.05, 0.1) is 22.4 Å². The number of imidazole rings is 1. The summed E-state index contributed by atoms with van der Waals surface area (Å²) >= 11 is 0. The van der Waals surface area contributed by atoms with E-state index in [1.807, 2.05) is 41.0 Å². The maximum atomic E-state index is 12.3. The van der Waals surface area contributed by atoms with Crippen LogP contribution in [0.25, 0.3) is 16.7 Å². The minimum atomic E-state index is -0.479. The van der Waals surface area contributed by atoms with Gasteiger partial charge in [0, 0.05) is 23.0 Å². The van der Waals surface area contributed by atoms with E-state index < -0.39 is 4.92 Å². The lowest BCUT2D eigenvalue weighted by molar-refractivity contribution is -0.385. The maximum absolute atomic E-state index is 12.3. The van der Waals surface area contributed by atoms with Gasteiger partial charge in [-0.3, -0.25) is 19.5 Å². The van der Waals surface area contributed by atoms with Gasteiger partial charge in [0.15, 0.2) is 0 Å². The van der Waals surface area contributed by atoms with E-state index in [1.54, 1.807) is 36.7 Å². The minimum absolute atomic E-state index is 0.0556. The molecular weight excluding hydrogens is 356 g/mol. The Hall–Kier alpha value is -4.00. The number of hydrogen-bond donors (Lipinski definition) is 1. The number of anilines is 1. The fourth-order valence-electron chi connectivity index (χ4n) is 3.09. The van der Waals surface area contributed by atoms with Crippen LogP contribution in [-0.4, -0.2) is 20.4 Å². The van der Waals surface area contributed by atoms with Crippen LogP contribution >= 0.6 is 0 Å². The molecule has 0 unspecified atom stereocenters. The van der Waals surface area contributed by atoms with Crippen LogP contribution in [0.2, 0.25) is 0 Å². The first-order chi connectivity index (χ1) is 13.6. The predicted molar refractivity (Wildman–Crippen MR) is 107 cm³/mol. The molecule has 0 saturated carbocycles. The van der Waals surface area contributed by atoms with Crippen molar-refractivity contribution in [2.45, 2.75) is 6.42 Å². The molecule has 0 aliphatic rings. The molecule has 0 radical (unpaired) electrons. The summed E-state index contributed by atoms with van der Waals surface area (Å²) in [5.41, 5.74) is 3.77. The minimum Gasteiger partial charge on any atom is -0.326 e. The van der Waals surface area contributed by atoms with Gasteiger partial charge in [0.2, 0.25) is 5.91 Å². The third kappa shape index (κ3) is 3.45. The number of nitrogens with zero attached hydrogens (tertiary/aromatic N) is 3. The third-order valence-corrected chi connectivity index (χ3v) is 4.42. The van der Waals surface area contributed by atoms with E-state index in [0.29, 0.717) is 11.3 Å². The molecule has 4 aromatic rings. The number of para-hydroxylation sites is 3. The number of fused-ring (bicyclic) bond motifs is 1. The molecule has 0 fully saturated rings. The molecule has 7 heteroatoms. The smallest absolute Gasteiger partial charge is 0.273 e. The van der Waals surface area contributed by atoms with Crippen molar-refractivity contribution in [2.24, 2.45) is 0 Å². The van der Waals surface area contributed by atoms with Crippen molar-refractivity contribution in [3.05, 3.63) is 94.8 Å². The number of rotatable bonds is 5. The van der Waals surface area contributed by atoms with E-state index >= 15 is 0 Å². The standard InChI is InChI=1S/C21H16N4O3/c26-21(13-15-5-1-3-7-19(15)25(27)28)23-16-9-11-17(12-10-16)24-14-22-18-6-2-4-8-20(18)24/h1-12,14H,13H2,(H,23,26). The van der Waals surface area contributed by atoms with Crippen LogP contribution in [0.1, 0.15) is 5.56 Å². The molecule has 0 saturated heterocycles. The van der Waals surface area contributed by atoms with Crippen LogP contribution in [-0.2, 0) is 11.2 Å². The monoisotopic (exact) mass is 372 g/mol. The number of aromatic nitrogens is 2. The zero-order chi connectivity index (χ0) is 19.5. The van der Waals surface area contributed by atoms with E-state index in [4.69, 9.17) is 0 Å². The second-order valence-electron chi connectivity index (χ2n) is 6.26. The molecule has 1 N–H and O–H groups in total. The average molecular weight is 372 g/mol. The average Bonchev–Trinajstić information content (AvgIpc) is 3.13. The molecule has 1 heterocycles. The third-order valence-electron chi connectivity index (χ3n) is 4.42. The van der Waals surface area contributed by atoms with Gasteiger partial charge in [-0.2, -0.15) is 0 Å². The fraction of sp³-hybridized carbons (Fsp3) is 0.0476. The van der Waals surface area contributed by atoms with Gasteiger partial charge >= 0.3 is 0 Å². The summed E-state index contributed by atoms with van der Waals surface area (Å²) in [4.78, 5) is 27.3. The van der Waals surface area contributed by atoms with Gasteiger partial charge in [-0.1, -0.05) is 30.3 Å². The zero-order valence-electron chi connectivity index (χ0n) is 14.8. The summed E-state index contributed by atoms with van der Waals surface area (Å²) in [6.07, 6.45) is 1.69. The normalized spacial score (nSPS) is 10.7. The summed E-state index contributed by atoms with van der Waals surface area (Å²) < 4.78 is 1.97. The highest BCUT2D eigenvalue weighted by Crippen LogP contribution is 2.21. The molecular formula is C21H16N4O3. The van der Waals surface area contributed by atoms with Gasteiger partial charge in [-0.05, 0) is 36.4 Å². The Morgan fingerprint density at radius 1 is 1.00 bits per heavy atom. The Bertz CT molecular complexity index is 1170. The molecule has 0 aliphatic carbocycles. The lowest BCUT2D eigenvalue weighted by Gasteiger charge is -2.08. The molecule has 28 heavy (non-hydrogen) atoms. The summed E-state index contributed by atoms with van der Waals surface area (Å²) in [7, 11) is 0. The van der Waals surface area contributed by atoms with Gasteiger partial charge in [0.1, 0.15) is 6.33 Å². The molecule has 1 aromatic heterocycles. The highest BCUT2D eigenvalue weighted by molar-refractivity contribution is 5.93. The Kier molecular flexibility index (Phi) is 4.55. The SMILES string of the molecule is O=C(Cc1ccccc1[N+](=O)[O-])Nc1ccc(-n2cnc3ccccc32)cc1. The number of nitrogens with one attached hydrogen (secondary N) is 1. The van der Waals surface area contributed by atoms with Crippen LogP contribution in [0.3, 0.4) is 0 Å². The molecule has 7 nitrogen and oxygen atoms in total. The molecule has 0 atom stereocenters. The van der Waals surface area contributed by atoms with Crippen molar-refractivity contribution in [2.75, 3.05) is 5.32 Å². The molecule has 0 aliphatic heterocycles. The second-order valence-corrected chi connectivity index (χ2v) is 6.26. The first kappa shape index (κ1) is 17.4. The topological polar surface area (TPSA) is 90.1 Å². The first-order valence-electron chi connectivity index (χ1n) is 8.66. The summed E-state index contributed by atoms with van der Waals surface area (Å²) in [6, 6.07) is 21.4. The van der Waals surface area contributed by atoms with E-state index in [0.717, 1.165) is 16.7 Å². The molecule has 3 aromatic carbocycles. The van der Waals surface area contributed by atoms with Crippen LogP contribution in [0, 0.1) is 10.1 Å². The van der Waals surface area contributed by atoms with E-state index in [1.165, 1.54) is 6.07 Å². The maximum Gasteiger partial charge on any atom is 0.273 e. The summed E-state index contributed by atoms with van der Waals surface area (Å²) in [6.45, 7) is 0. The first-order valence-corrected chi connectivity index (χ1v) is 8.66. The summed E-state index contributed by atoms with van der Waals surface area (Å²) in [5, 5.41) is 13.9. The number of nitro benzene ring substituents is 1. The fourth-order valence-corrected chi connectivity index (χ4v) is 3.09. The molecule has 138 valence electrons.